The standard InChI is InChI=1S/C16H20FNO3/c1-21-15(10-2-3-10)9-18-7-6-11-13(8-18)12(16(19)20)4-5-14(11)17/h4-5,10,15H,2-3,6-9H2,1H3,(H,19,20). The highest BCUT2D eigenvalue weighted by Gasteiger charge is 2.34. The smallest absolute Gasteiger partial charge is 0.336 e. The van der Waals surface area contributed by atoms with E-state index >= 15 is 0 Å². The van der Waals surface area contributed by atoms with E-state index in [4.69, 9.17) is 4.74 Å². The lowest BCUT2D eigenvalue weighted by Crippen LogP contribution is -2.39. The average Bonchev–Trinajstić information content (AvgIpc) is 3.29. The van der Waals surface area contributed by atoms with Gasteiger partial charge in [0.1, 0.15) is 5.82 Å². The predicted molar refractivity (Wildman–Crippen MR) is 75.9 cm³/mol. The van der Waals surface area contributed by atoms with Crippen molar-refractivity contribution >= 4 is 5.97 Å². The molecule has 1 aliphatic heterocycles. The summed E-state index contributed by atoms with van der Waals surface area (Å²) in [5, 5.41) is 9.28. The van der Waals surface area contributed by atoms with E-state index in [1.165, 1.54) is 25.0 Å². The van der Waals surface area contributed by atoms with E-state index in [9.17, 15) is 14.3 Å². The molecule has 1 fully saturated rings. The molecule has 2 aliphatic rings. The SMILES string of the molecule is COC(CN1CCc2c(F)ccc(C(=O)O)c2C1)C1CC1. The van der Waals surface area contributed by atoms with Gasteiger partial charge >= 0.3 is 5.97 Å². The molecule has 0 saturated heterocycles. The van der Waals surface area contributed by atoms with E-state index in [2.05, 4.69) is 4.90 Å². The number of hydrogen-bond donors (Lipinski definition) is 1. The van der Waals surface area contributed by atoms with Crippen LogP contribution in [-0.4, -0.2) is 42.3 Å². The van der Waals surface area contributed by atoms with Crippen molar-refractivity contribution in [1.82, 2.24) is 4.90 Å². The van der Waals surface area contributed by atoms with Gasteiger partial charge in [-0.2, -0.15) is 0 Å². The lowest BCUT2D eigenvalue weighted by molar-refractivity contribution is 0.0441. The Balaban J connectivity index is 1.80. The maximum Gasteiger partial charge on any atom is 0.336 e. The predicted octanol–water partition coefficient (Wildman–Crippen LogP) is 2.31. The summed E-state index contributed by atoms with van der Waals surface area (Å²) in [7, 11) is 1.73. The third-order valence-corrected chi connectivity index (χ3v) is 4.55. The quantitative estimate of drug-likeness (QED) is 0.905. The van der Waals surface area contributed by atoms with Crippen LogP contribution in [0.15, 0.2) is 12.1 Å². The van der Waals surface area contributed by atoms with Crippen LogP contribution in [0, 0.1) is 11.7 Å². The van der Waals surface area contributed by atoms with Crippen LogP contribution in [0.1, 0.15) is 34.3 Å². The molecule has 1 heterocycles. The van der Waals surface area contributed by atoms with E-state index in [1.54, 1.807) is 7.11 Å². The van der Waals surface area contributed by atoms with Crippen molar-refractivity contribution in [2.75, 3.05) is 20.2 Å². The van der Waals surface area contributed by atoms with Crippen LogP contribution in [0.5, 0.6) is 0 Å². The minimum atomic E-state index is -0.987. The maximum absolute atomic E-state index is 13.9. The first-order valence-corrected chi connectivity index (χ1v) is 7.39. The third kappa shape index (κ3) is 2.94. The second-order valence-corrected chi connectivity index (χ2v) is 5.95. The molecular formula is C16H20FNO3. The highest BCUT2D eigenvalue weighted by molar-refractivity contribution is 5.89. The molecule has 5 heteroatoms. The molecule has 1 aromatic rings. The van der Waals surface area contributed by atoms with Crippen LogP contribution < -0.4 is 0 Å². The number of methoxy groups -OCH3 is 1. The normalized spacial score (nSPS) is 20.1. The van der Waals surface area contributed by atoms with Crippen molar-refractivity contribution in [3.8, 4) is 0 Å². The molecule has 1 aliphatic carbocycles. The third-order valence-electron chi connectivity index (χ3n) is 4.55. The summed E-state index contributed by atoms with van der Waals surface area (Å²) in [6, 6.07) is 2.63. The number of rotatable bonds is 5. The van der Waals surface area contributed by atoms with Crippen molar-refractivity contribution in [1.29, 1.82) is 0 Å². The second-order valence-electron chi connectivity index (χ2n) is 5.95. The van der Waals surface area contributed by atoms with E-state index in [-0.39, 0.29) is 17.5 Å². The summed E-state index contributed by atoms with van der Waals surface area (Å²) in [6.07, 6.45) is 3.17. The fourth-order valence-corrected chi connectivity index (χ4v) is 3.18. The molecule has 1 N–H and O–H groups in total. The highest BCUT2D eigenvalue weighted by Crippen LogP contribution is 2.35. The Hall–Kier alpha value is -1.46. The summed E-state index contributed by atoms with van der Waals surface area (Å²) < 4.78 is 19.4. The lowest BCUT2D eigenvalue weighted by Gasteiger charge is -2.32. The minimum absolute atomic E-state index is 0.202. The first kappa shape index (κ1) is 14.5. The molecule has 0 bridgehead atoms. The number of hydrogen-bond acceptors (Lipinski definition) is 3. The fraction of sp³-hybridized carbons (Fsp3) is 0.562. The molecule has 1 saturated carbocycles. The van der Waals surface area contributed by atoms with E-state index in [1.807, 2.05) is 0 Å². The summed E-state index contributed by atoms with van der Waals surface area (Å²) >= 11 is 0. The zero-order valence-corrected chi connectivity index (χ0v) is 12.1. The molecular weight excluding hydrogens is 273 g/mol. The van der Waals surface area contributed by atoms with Crippen LogP contribution >= 0.6 is 0 Å². The Bertz CT molecular complexity index is 557. The molecule has 1 atom stereocenters. The highest BCUT2D eigenvalue weighted by atomic mass is 19.1. The van der Waals surface area contributed by atoms with Gasteiger partial charge in [0.2, 0.25) is 0 Å². The topological polar surface area (TPSA) is 49.8 Å². The number of aromatic carboxylic acids is 1. The zero-order chi connectivity index (χ0) is 15.0. The molecule has 1 unspecified atom stereocenters. The fourth-order valence-electron chi connectivity index (χ4n) is 3.18. The number of carbonyl (C=O) groups is 1. The van der Waals surface area contributed by atoms with Crippen LogP contribution in [0.25, 0.3) is 0 Å². The molecule has 0 aromatic heterocycles. The monoisotopic (exact) mass is 293 g/mol. The second kappa shape index (κ2) is 5.73. The van der Waals surface area contributed by atoms with Gasteiger partial charge < -0.3 is 9.84 Å². The van der Waals surface area contributed by atoms with Gasteiger partial charge in [-0.15, -0.1) is 0 Å². The Labute approximate surface area is 123 Å². The van der Waals surface area contributed by atoms with Gasteiger partial charge in [0.25, 0.3) is 0 Å². The van der Waals surface area contributed by atoms with Gasteiger partial charge in [-0.3, -0.25) is 4.90 Å². The first-order valence-electron chi connectivity index (χ1n) is 7.39. The van der Waals surface area contributed by atoms with Crippen molar-refractivity contribution < 1.29 is 19.0 Å². The lowest BCUT2D eigenvalue weighted by atomic mass is 9.94. The number of halogens is 1. The van der Waals surface area contributed by atoms with E-state index in [0.29, 0.717) is 30.0 Å². The number of carboxylic acids is 1. The first-order chi connectivity index (χ1) is 10.1. The molecule has 0 spiro atoms. The molecule has 3 rings (SSSR count). The Morgan fingerprint density at radius 3 is 2.86 bits per heavy atom. The summed E-state index contributed by atoms with van der Waals surface area (Å²) in [4.78, 5) is 13.5. The Morgan fingerprint density at radius 2 is 2.24 bits per heavy atom. The number of benzene rings is 1. The molecule has 0 amide bonds. The molecule has 4 nitrogen and oxygen atoms in total. The van der Waals surface area contributed by atoms with Gasteiger partial charge in [-0.25, -0.2) is 9.18 Å². The van der Waals surface area contributed by atoms with Gasteiger partial charge in [0, 0.05) is 26.7 Å². The van der Waals surface area contributed by atoms with Crippen molar-refractivity contribution in [3.05, 3.63) is 34.6 Å². The Kier molecular flexibility index (Phi) is 3.95. The summed E-state index contributed by atoms with van der Waals surface area (Å²) in [5.74, 6) is -0.651. The summed E-state index contributed by atoms with van der Waals surface area (Å²) in [6.45, 7) is 2.02. The van der Waals surface area contributed by atoms with Gasteiger partial charge in [0.15, 0.2) is 0 Å². The molecule has 0 radical (unpaired) electrons. The molecule has 21 heavy (non-hydrogen) atoms. The van der Waals surface area contributed by atoms with Gasteiger partial charge in [-0.05, 0) is 48.4 Å². The number of nitrogens with zero attached hydrogens (tertiary/aromatic N) is 1. The van der Waals surface area contributed by atoms with Gasteiger partial charge in [-0.1, -0.05) is 0 Å². The van der Waals surface area contributed by atoms with Crippen LogP contribution in [0.2, 0.25) is 0 Å². The van der Waals surface area contributed by atoms with Crippen LogP contribution in [-0.2, 0) is 17.7 Å². The van der Waals surface area contributed by atoms with E-state index < -0.39 is 5.97 Å². The van der Waals surface area contributed by atoms with E-state index in [0.717, 1.165) is 13.1 Å². The number of ether oxygens (including phenoxy) is 1. The molecule has 1 aromatic carbocycles. The van der Waals surface area contributed by atoms with Crippen molar-refractivity contribution in [2.45, 2.75) is 31.9 Å². The summed E-state index contributed by atoms with van der Waals surface area (Å²) in [5.41, 5.74) is 1.41. The number of carboxylic acid groups (broad SMARTS) is 1. The minimum Gasteiger partial charge on any atom is -0.478 e. The van der Waals surface area contributed by atoms with Crippen molar-refractivity contribution in [2.24, 2.45) is 5.92 Å². The maximum atomic E-state index is 13.9. The molecule has 114 valence electrons. The zero-order valence-electron chi connectivity index (χ0n) is 12.1. The Morgan fingerprint density at radius 1 is 1.48 bits per heavy atom. The average molecular weight is 293 g/mol. The van der Waals surface area contributed by atoms with Crippen LogP contribution in [0.3, 0.4) is 0 Å². The van der Waals surface area contributed by atoms with Gasteiger partial charge in [0.05, 0.1) is 11.7 Å². The number of fused-ring (bicyclic) bond motifs is 1. The largest absolute Gasteiger partial charge is 0.478 e. The van der Waals surface area contributed by atoms with Crippen molar-refractivity contribution in [3.63, 3.8) is 0 Å². The van der Waals surface area contributed by atoms with Crippen LogP contribution in [0.4, 0.5) is 4.39 Å².